The number of hydrogen-bond acceptors (Lipinski definition) is 4. The molecular formula is C25H26O4. The predicted octanol–water partition coefficient (Wildman–Crippen LogP) is 5.69. The first-order valence-electron chi connectivity index (χ1n) is 10.2. The second kappa shape index (κ2) is 6.31. The largest absolute Gasteiger partial charge is 0.508 e. The second-order valence-electron chi connectivity index (χ2n) is 8.89. The summed E-state index contributed by atoms with van der Waals surface area (Å²) in [5.41, 5.74) is 4.96. The highest BCUT2D eigenvalue weighted by Gasteiger charge is 2.43. The Balaban J connectivity index is 1.55. The molecule has 3 heterocycles. The van der Waals surface area contributed by atoms with Crippen LogP contribution in [0.1, 0.15) is 62.0 Å². The molecule has 0 saturated carbocycles. The molecule has 2 aromatic rings. The van der Waals surface area contributed by atoms with Crippen LogP contribution in [0.15, 0.2) is 42.0 Å². The topological polar surface area (TPSA) is 47.9 Å². The lowest BCUT2D eigenvalue weighted by Crippen LogP contribution is -2.27. The van der Waals surface area contributed by atoms with Gasteiger partial charge in [-0.1, -0.05) is 17.7 Å². The van der Waals surface area contributed by atoms with Crippen LogP contribution < -0.4 is 14.2 Å². The van der Waals surface area contributed by atoms with Crippen LogP contribution in [0.5, 0.6) is 23.0 Å². The predicted molar refractivity (Wildman–Crippen MR) is 113 cm³/mol. The molecule has 2 atom stereocenters. The van der Waals surface area contributed by atoms with E-state index in [0.717, 1.165) is 33.8 Å². The summed E-state index contributed by atoms with van der Waals surface area (Å²) in [7, 11) is 0. The van der Waals surface area contributed by atoms with Gasteiger partial charge < -0.3 is 19.3 Å². The van der Waals surface area contributed by atoms with Gasteiger partial charge in [-0.25, -0.2) is 0 Å². The first kappa shape index (κ1) is 18.2. The first-order chi connectivity index (χ1) is 13.8. The average molecular weight is 390 g/mol. The van der Waals surface area contributed by atoms with Gasteiger partial charge in [0.15, 0.2) is 0 Å². The van der Waals surface area contributed by atoms with E-state index in [9.17, 15) is 5.11 Å². The van der Waals surface area contributed by atoms with Crippen molar-refractivity contribution in [3.8, 4) is 23.0 Å². The molecular weight excluding hydrogens is 364 g/mol. The second-order valence-corrected chi connectivity index (χ2v) is 8.89. The fourth-order valence-corrected chi connectivity index (χ4v) is 4.34. The summed E-state index contributed by atoms with van der Waals surface area (Å²) in [6.45, 7) is 8.75. The van der Waals surface area contributed by atoms with Crippen LogP contribution in [-0.4, -0.2) is 17.3 Å². The molecule has 0 amide bonds. The van der Waals surface area contributed by atoms with Crippen LogP contribution in [0.2, 0.25) is 0 Å². The highest BCUT2D eigenvalue weighted by Crippen LogP contribution is 2.55. The summed E-state index contributed by atoms with van der Waals surface area (Å²) in [5.74, 6) is 2.85. The number of ether oxygens (including phenoxy) is 3. The van der Waals surface area contributed by atoms with E-state index in [2.05, 4.69) is 38.1 Å². The SMILES string of the molecule is CC(C)=CCc1cc2c(cc1O)OC[C@@H]1c3ccc4c(c3O[C@H]21)C=CC(C)(C)O4. The van der Waals surface area contributed by atoms with Crippen molar-refractivity contribution in [2.75, 3.05) is 6.61 Å². The summed E-state index contributed by atoms with van der Waals surface area (Å²) in [5, 5.41) is 10.4. The van der Waals surface area contributed by atoms with Crippen LogP contribution >= 0.6 is 0 Å². The number of allylic oxidation sites excluding steroid dienone is 2. The maximum absolute atomic E-state index is 10.4. The number of fused-ring (bicyclic) bond motifs is 7. The maximum Gasteiger partial charge on any atom is 0.138 e. The molecule has 2 aromatic carbocycles. The Morgan fingerprint density at radius 2 is 2.00 bits per heavy atom. The third-order valence-electron chi connectivity index (χ3n) is 5.89. The van der Waals surface area contributed by atoms with E-state index >= 15 is 0 Å². The summed E-state index contributed by atoms with van der Waals surface area (Å²) in [4.78, 5) is 0. The van der Waals surface area contributed by atoms with Gasteiger partial charge in [0.05, 0.1) is 18.1 Å². The number of rotatable bonds is 2. The normalized spacial score (nSPS) is 22.2. The zero-order chi connectivity index (χ0) is 20.3. The van der Waals surface area contributed by atoms with Gasteiger partial charge >= 0.3 is 0 Å². The average Bonchev–Trinajstić information content (AvgIpc) is 3.04. The Labute approximate surface area is 171 Å². The first-order valence-corrected chi connectivity index (χ1v) is 10.2. The van der Waals surface area contributed by atoms with E-state index in [1.165, 1.54) is 5.57 Å². The van der Waals surface area contributed by atoms with E-state index < -0.39 is 0 Å². The number of hydrogen-bond donors (Lipinski definition) is 1. The van der Waals surface area contributed by atoms with Gasteiger partial charge in [0.25, 0.3) is 0 Å². The van der Waals surface area contributed by atoms with Gasteiger partial charge in [0, 0.05) is 17.2 Å². The van der Waals surface area contributed by atoms with Gasteiger partial charge in [-0.05, 0) is 64.0 Å². The van der Waals surface area contributed by atoms with Gasteiger partial charge in [-0.3, -0.25) is 0 Å². The zero-order valence-corrected chi connectivity index (χ0v) is 17.3. The summed E-state index contributed by atoms with van der Waals surface area (Å²) in [6.07, 6.45) is 6.86. The maximum atomic E-state index is 10.4. The van der Waals surface area contributed by atoms with Crippen LogP contribution in [0.25, 0.3) is 6.08 Å². The van der Waals surface area contributed by atoms with Crippen molar-refractivity contribution in [3.05, 3.63) is 64.2 Å². The zero-order valence-electron chi connectivity index (χ0n) is 17.3. The third-order valence-corrected chi connectivity index (χ3v) is 5.89. The third kappa shape index (κ3) is 2.98. The van der Waals surface area contributed by atoms with E-state index in [-0.39, 0.29) is 23.4 Å². The lowest BCUT2D eigenvalue weighted by molar-refractivity contribution is 0.137. The monoisotopic (exact) mass is 390 g/mol. The minimum Gasteiger partial charge on any atom is -0.508 e. The summed E-state index contributed by atoms with van der Waals surface area (Å²) < 4.78 is 18.7. The van der Waals surface area contributed by atoms with Crippen LogP contribution in [0, 0.1) is 0 Å². The summed E-state index contributed by atoms with van der Waals surface area (Å²) in [6, 6.07) is 7.91. The Bertz CT molecular complexity index is 1060. The molecule has 4 nitrogen and oxygen atoms in total. The van der Waals surface area contributed by atoms with Crippen molar-refractivity contribution in [2.24, 2.45) is 0 Å². The van der Waals surface area contributed by atoms with Gasteiger partial charge in [-0.2, -0.15) is 0 Å². The molecule has 0 unspecified atom stereocenters. The van der Waals surface area contributed by atoms with Gasteiger partial charge in [-0.15, -0.1) is 0 Å². The molecule has 3 aliphatic rings. The minimum absolute atomic E-state index is 0.116. The fraction of sp³-hybridized carbons (Fsp3) is 0.360. The van der Waals surface area contributed by atoms with E-state index in [1.807, 2.05) is 26.0 Å². The minimum atomic E-state index is -0.320. The standard InChI is InChI=1S/C25H26O4/c1-14(2)5-6-15-11-18-22(12-20(15)26)27-13-19-16-7-8-21-17(23(16)28-24(18)19)9-10-25(3,4)29-21/h5,7-12,19,24,26H,6,13H2,1-4H3/t19-,24-/m1/s1. The smallest absolute Gasteiger partial charge is 0.138 e. The molecule has 0 spiro atoms. The lowest BCUT2D eigenvalue weighted by Gasteiger charge is -2.28. The fourth-order valence-electron chi connectivity index (χ4n) is 4.34. The van der Waals surface area contributed by atoms with Crippen molar-refractivity contribution in [2.45, 2.75) is 51.7 Å². The van der Waals surface area contributed by atoms with Crippen molar-refractivity contribution in [1.82, 2.24) is 0 Å². The molecule has 5 rings (SSSR count). The van der Waals surface area contributed by atoms with Gasteiger partial charge in [0.2, 0.25) is 0 Å². The number of phenolic OH excluding ortho intramolecular Hbond substituents is 1. The molecule has 0 aliphatic carbocycles. The van der Waals surface area contributed by atoms with E-state index in [0.29, 0.717) is 18.8 Å². The Morgan fingerprint density at radius 3 is 2.79 bits per heavy atom. The highest BCUT2D eigenvalue weighted by atomic mass is 16.5. The highest BCUT2D eigenvalue weighted by molar-refractivity contribution is 5.71. The Morgan fingerprint density at radius 1 is 1.17 bits per heavy atom. The number of aromatic hydroxyl groups is 1. The number of benzene rings is 2. The van der Waals surface area contributed by atoms with E-state index in [4.69, 9.17) is 14.2 Å². The quantitative estimate of drug-likeness (QED) is 0.669. The molecule has 4 heteroatoms. The molecule has 0 aromatic heterocycles. The molecule has 0 bridgehead atoms. The summed E-state index contributed by atoms with van der Waals surface area (Å²) >= 11 is 0. The van der Waals surface area contributed by atoms with Crippen molar-refractivity contribution < 1.29 is 19.3 Å². The van der Waals surface area contributed by atoms with Gasteiger partial charge in [0.1, 0.15) is 34.7 Å². The molecule has 3 aliphatic heterocycles. The van der Waals surface area contributed by atoms with Crippen LogP contribution in [0.4, 0.5) is 0 Å². The molecule has 0 radical (unpaired) electrons. The van der Waals surface area contributed by atoms with Crippen molar-refractivity contribution in [3.63, 3.8) is 0 Å². The molecule has 150 valence electrons. The molecule has 0 saturated heterocycles. The lowest BCUT2D eigenvalue weighted by atomic mass is 9.87. The Kier molecular flexibility index (Phi) is 3.95. The van der Waals surface area contributed by atoms with Crippen molar-refractivity contribution in [1.29, 1.82) is 0 Å². The van der Waals surface area contributed by atoms with Crippen LogP contribution in [0.3, 0.4) is 0 Å². The van der Waals surface area contributed by atoms with Crippen molar-refractivity contribution >= 4 is 6.08 Å². The Hall–Kier alpha value is -2.88. The molecule has 29 heavy (non-hydrogen) atoms. The molecule has 1 N–H and O–H groups in total. The number of phenols is 1. The van der Waals surface area contributed by atoms with E-state index in [1.54, 1.807) is 6.07 Å². The molecule has 0 fully saturated rings. The van der Waals surface area contributed by atoms with Crippen LogP contribution in [-0.2, 0) is 6.42 Å².